The van der Waals surface area contributed by atoms with E-state index in [-0.39, 0.29) is 8.15 Å². The van der Waals surface area contributed by atoms with Gasteiger partial charge in [-0.3, -0.25) is 0 Å². The minimum atomic E-state index is -0.171. The maximum absolute atomic E-state index is 5.54. The van der Waals surface area contributed by atoms with E-state index in [1.54, 1.807) is 0 Å². The molecule has 0 spiro atoms. The van der Waals surface area contributed by atoms with Crippen molar-refractivity contribution in [2.45, 2.75) is 19.3 Å². The van der Waals surface area contributed by atoms with Crippen LogP contribution in [0, 0.1) is 0 Å². The lowest BCUT2D eigenvalue weighted by Gasteiger charge is -2.06. The van der Waals surface area contributed by atoms with Gasteiger partial charge in [0.2, 0.25) is 0 Å². The second-order valence-corrected chi connectivity index (χ2v) is 5.47. The average molecular weight is 210 g/mol. The zero-order valence-corrected chi connectivity index (χ0v) is 9.97. The largest absolute Gasteiger partial charge is 0.360 e. The Labute approximate surface area is 88.3 Å². The molecule has 0 aliphatic rings. The van der Waals surface area contributed by atoms with Crippen molar-refractivity contribution in [2.75, 3.05) is 19.9 Å². The highest BCUT2D eigenvalue weighted by Gasteiger charge is 1.94. The molecule has 14 heavy (non-hydrogen) atoms. The highest BCUT2D eigenvalue weighted by Crippen LogP contribution is 2.25. The molecule has 1 rings (SSSR count). The van der Waals surface area contributed by atoms with Crippen LogP contribution in [0.4, 0.5) is 0 Å². The van der Waals surface area contributed by atoms with Crippen molar-refractivity contribution >= 4 is 8.15 Å². The first-order valence-electron chi connectivity index (χ1n) is 5.13. The van der Waals surface area contributed by atoms with E-state index in [4.69, 9.17) is 4.52 Å². The third-order valence-corrected chi connectivity index (χ3v) is 2.75. The molecule has 0 fully saturated rings. The minimum Gasteiger partial charge on any atom is -0.360 e. The van der Waals surface area contributed by atoms with E-state index < -0.39 is 0 Å². The van der Waals surface area contributed by atoms with Gasteiger partial charge in [-0.25, -0.2) is 0 Å². The zero-order chi connectivity index (χ0) is 10.2. The van der Waals surface area contributed by atoms with Crippen LogP contribution in [0.5, 0.6) is 0 Å². The molecule has 0 unspecified atom stereocenters. The van der Waals surface area contributed by atoms with E-state index in [2.05, 4.69) is 43.7 Å². The van der Waals surface area contributed by atoms with E-state index in [1.807, 2.05) is 0 Å². The lowest BCUT2D eigenvalue weighted by Crippen LogP contribution is -1.91. The molecule has 0 heterocycles. The first-order chi connectivity index (χ1) is 6.79. The third kappa shape index (κ3) is 5.36. The summed E-state index contributed by atoms with van der Waals surface area (Å²) in [5, 5.41) is 0. The van der Waals surface area contributed by atoms with E-state index >= 15 is 0 Å². The Morgan fingerprint density at radius 2 is 1.79 bits per heavy atom. The maximum Gasteiger partial charge on any atom is 0.0508 e. The van der Waals surface area contributed by atoms with Gasteiger partial charge in [-0.1, -0.05) is 30.3 Å². The monoisotopic (exact) mass is 210 g/mol. The van der Waals surface area contributed by atoms with Crippen LogP contribution in [-0.4, -0.2) is 19.9 Å². The molecule has 2 heteroatoms. The van der Waals surface area contributed by atoms with Crippen molar-refractivity contribution in [3.63, 3.8) is 0 Å². The number of aryl methyl sites for hydroxylation is 1. The lowest BCUT2D eigenvalue weighted by molar-refractivity contribution is 0.343. The second kappa shape index (κ2) is 6.98. The molecule has 0 radical (unpaired) electrons. The Morgan fingerprint density at radius 3 is 2.43 bits per heavy atom. The van der Waals surface area contributed by atoms with Gasteiger partial charge in [0.05, 0.1) is 6.61 Å². The van der Waals surface area contributed by atoms with E-state index in [1.165, 1.54) is 24.8 Å². The molecule has 0 N–H and O–H groups in total. The highest BCUT2D eigenvalue weighted by molar-refractivity contribution is 7.50. The van der Waals surface area contributed by atoms with Gasteiger partial charge in [0.15, 0.2) is 0 Å². The Bertz CT molecular complexity index is 233. The van der Waals surface area contributed by atoms with Crippen LogP contribution in [0.3, 0.4) is 0 Å². The number of hydrogen-bond acceptors (Lipinski definition) is 1. The van der Waals surface area contributed by atoms with Gasteiger partial charge < -0.3 is 4.52 Å². The zero-order valence-electron chi connectivity index (χ0n) is 9.07. The summed E-state index contributed by atoms with van der Waals surface area (Å²) >= 11 is 0. The van der Waals surface area contributed by atoms with Crippen molar-refractivity contribution in [1.82, 2.24) is 0 Å². The van der Waals surface area contributed by atoms with Crippen LogP contribution >= 0.6 is 8.15 Å². The first-order valence-corrected chi connectivity index (χ1v) is 7.28. The Kier molecular flexibility index (Phi) is 5.82. The number of unbranched alkanes of at least 4 members (excludes halogenated alkanes) is 1. The summed E-state index contributed by atoms with van der Waals surface area (Å²) in [7, 11) is -0.171. The Balaban J connectivity index is 2.05. The smallest absolute Gasteiger partial charge is 0.0508 e. The van der Waals surface area contributed by atoms with Crippen LogP contribution in [-0.2, 0) is 10.9 Å². The van der Waals surface area contributed by atoms with Gasteiger partial charge in [0, 0.05) is 8.15 Å². The van der Waals surface area contributed by atoms with Crippen molar-refractivity contribution in [3.8, 4) is 0 Å². The molecule has 1 aromatic carbocycles. The number of rotatable bonds is 6. The predicted octanol–water partition coefficient (Wildman–Crippen LogP) is 3.68. The fourth-order valence-electron chi connectivity index (χ4n) is 1.32. The summed E-state index contributed by atoms with van der Waals surface area (Å²) in [4.78, 5) is 0. The second-order valence-electron chi connectivity index (χ2n) is 3.59. The number of hydrogen-bond donors (Lipinski definition) is 0. The topological polar surface area (TPSA) is 9.23 Å². The molecular weight excluding hydrogens is 191 g/mol. The van der Waals surface area contributed by atoms with Crippen molar-refractivity contribution in [3.05, 3.63) is 35.9 Å². The molecule has 0 aliphatic heterocycles. The van der Waals surface area contributed by atoms with Crippen LogP contribution in [0.2, 0.25) is 0 Å². The SMILES string of the molecule is CP(C)OCCCCc1ccccc1. The van der Waals surface area contributed by atoms with Crippen LogP contribution in [0.25, 0.3) is 0 Å². The molecule has 0 amide bonds. The molecule has 1 nitrogen and oxygen atoms in total. The maximum atomic E-state index is 5.54. The average Bonchev–Trinajstić information content (AvgIpc) is 2.18. The van der Waals surface area contributed by atoms with E-state index in [0.717, 1.165) is 6.61 Å². The van der Waals surface area contributed by atoms with Gasteiger partial charge >= 0.3 is 0 Å². The molecular formula is C12H19OP. The van der Waals surface area contributed by atoms with Gasteiger partial charge in [-0.2, -0.15) is 0 Å². The van der Waals surface area contributed by atoms with Gasteiger partial charge in [-0.05, 0) is 38.2 Å². The summed E-state index contributed by atoms with van der Waals surface area (Å²) in [6, 6.07) is 10.6. The van der Waals surface area contributed by atoms with Crippen LogP contribution < -0.4 is 0 Å². The van der Waals surface area contributed by atoms with Gasteiger partial charge in [0.1, 0.15) is 0 Å². The normalized spacial score (nSPS) is 10.8. The lowest BCUT2D eigenvalue weighted by atomic mass is 10.1. The molecule has 78 valence electrons. The Hall–Kier alpha value is -0.390. The summed E-state index contributed by atoms with van der Waals surface area (Å²) in [6.45, 7) is 5.21. The predicted molar refractivity (Wildman–Crippen MR) is 64.1 cm³/mol. The molecule has 0 aliphatic carbocycles. The summed E-state index contributed by atoms with van der Waals surface area (Å²) in [5.41, 5.74) is 1.43. The highest BCUT2D eigenvalue weighted by atomic mass is 31.1. The quantitative estimate of drug-likeness (QED) is 0.514. The van der Waals surface area contributed by atoms with E-state index in [0.29, 0.717) is 0 Å². The first kappa shape index (κ1) is 11.7. The van der Waals surface area contributed by atoms with Crippen molar-refractivity contribution in [2.24, 2.45) is 0 Å². The minimum absolute atomic E-state index is 0.171. The molecule has 0 saturated carbocycles. The van der Waals surface area contributed by atoms with Crippen molar-refractivity contribution in [1.29, 1.82) is 0 Å². The van der Waals surface area contributed by atoms with Crippen LogP contribution in [0.15, 0.2) is 30.3 Å². The molecule has 0 aromatic heterocycles. The summed E-state index contributed by atoms with van der Waals surface area (Å²) in [6.07, 6.45) is 3.58. The van der Waals surface area contributed by atoms with Crippen molar-refractivity contribution < 1.29 is 4.52 Å². The standard InChI is InChI=1S/C12H19OP/c1-14(2)13-11-7-6-10-12-8-4-3-5-9-12/h3-5,8-9H,6-7,10-11H2,1-2H3. The molecule has 0 bridgehead atoms. The summed E-state index contributed by atoms with van der Waals surface area (Å²) in [5.74, 6) is 0. The summed E-state index contributed by atoms with van der Waals surface area (Å²) < 4.78 is 5.54. The van der Waals surface area contributed by atoms with E-state index in [9.17, 15) is 0 Å². The molecule has 1 aromatic rings. The van der Waals surface area contributed by atoms with Gasteiger partial charge in [-0.15, -0.1) is 0 Å². The third-order valence-electron chi connectivity index (χ3n) is 2.05. The van der Waals surface area contributed by atoms with Gasteiger partial charge in [0.25, 0.3) is 0 Å². The Morgan fingerprint density at radius 1 is 1.07 bits per heavy atom. The van der Waals surface area contributed by atoms with Crippen LogP contribution in [0.1, 0.15) is 18.4 Å². The molecule has 0 saturated heterocycles. The fourth-order valence-corrected chi connectivity index (χ4v) is 1.82. The fraction of sp³-hybridized carbons (Fsp3) is 0.500. The molecule has 0 atom stereocenters. The number of benzene rings is 1.